The lowest BCUT2D eigenvalue weighted by Crippen LogP contribution is -2.32. The molecule has 13 rings (SSSR count). The van der Waals surface area contributed by atoms with Gasteiger partial charge in [0, 0.05) is 42.8 Å². The Morgan fingerprint density at radius 1 is 0.297 bits per heavy atom. The lowest BCUT2D eigenvalue weighted by atomic mass is 9.67. The van der Waals surface area contributed by atoms with E-state index in [1.165, 1.54) is 43.2 Å². The Kier molecular flexibility index (Phi) is 8.33. The van der Waals surface area contributed by atoms with Crippen LogP contribution in [0.5, 0.6) is 0 Å². The summed E-state index contributed by atoms with van der Waals surface area (Å²) < 4.78 is 0. The van der Waals surface area contributed by atoms with Gasteiger partial charge in [-0.05, 0) is 92.4 Å². The van der Waals surface area contributed by atoms with Gasteiger partial charge in [0.2, 0.25) is 0 Å². The monoisotopic (exact) mass is 832 g/mol. The van der Waals surface area contributed by atoms with Crippen molar-refractivity contribution >= 4 is 33.4 Å². The van der Waals surface area contributed by atoms with Crippen LogP contribution in [-0.2, 0) is 5.41 Å². The van der Waals surface area contributed by atoms with Crippen LogP contribution in [0.2, 0.25) is 0 Å². The van der Waals surface area contributed by atoms with E-state index in [1.54, 1.807) is 0 Å². The maximum atomic E-state index is 5.47. The van der Waals surface area contributed by atoms with Gasteiger partial charge in [-0.2, -0.15) is 0 Å². The first-order valence-corrected chi connectivity index (χ1v) is 22.4. The third kappa shape index (κ3) is 5.64. The predicted octanol–water partition coefficient (Wildman–Crippen LogP) is 14.7. The molecule has 0 unspecified atom stereocenters. The van der Waals surface area contributed by atoms with E-state index in [9.17, 15) is 0 Å². The summed E-state index contributed by atoms with van der Waals surface area (Å²) in [5.41, 5.74) is 15.2. The molecular weight excluding hydrogens is 797 g/mol. The number of pyridine rings is 1. The van der Waals surface area contributed by atoms with Crippen molar-refractivity contribution in [2.45, 2.75) is 15.2 Å². The van der Waals surface area contributed by atoms with Gasteiger partial charge < -0.3 is 0 Å². The van der Waals surface area contributed by atoms with Crippen LogP contribution in [0.15, 0.2) is 228 Å². The summed E-state index contributed by atoms with van der Waals surface area (Å²) in [6, 6.07) is 78.0. The minimum Gasteiger partial charge on any atom is -0.247 e. The van der Waals surface area contributed by atoms with Crippen molar-refractivity contribution in [3.05, 3.63) is 241 Å². The highest BCUT2D eigenvalue weighted by Crippen LogP contribution is 2.62. The molecule has 5 heteroatoms. The zero-order valence-corrected chi connectivity index (χ0v) is 35.3. The Labute approximate surface area is 375 Å². The van der Waals surface area contributed by atoms with Crippen LogP contribution in [0.1, 0.15) is 22.3 Å². The normalized spacial score (nSPS) is 13.1. The second kappa shape index (κ2) is 14.6. The summed E-state index contributed by atoms with van der Waals surface area (Å²) in [7, 11) is 0. The molecular formula is C59H36N4S. The molecule has 0 saturated carbocycles. The molecule has 4 nitrogen and oxygen atoms in total. The van der Waals surface area contributed by atoms with E-state index in [0.717, 1.165) is 60.8 Å². The molecule has 0 fully saturated rings. The number of aromatic nitrogens is 4. The van der Waals surface area contributed by atoms with E-state index in [-0.39, 0.29) is 0 Å². The quantitative estimate of drug-likeness (QED) is 0.162. The highest BCUT2D eigenvalue weighted by Gasteiger charge is 2.50. The largest absolute Gasteiger partial charge is 0.247 e. The molecule has 0 N–H and O–H groups in total. The molecule has 0 atom stereocenters. The van der Waals surface area contributed by atoms with Crippen molar-refractivity contribution in [2.75, 3.05) is 0 Å². The van der Waals surface area contributed by atoms with Crippen molar-refractivity contribution in [3.63, 3.8) is 0 Å². The zero-order chi connectivity index (χ0) is 42.2. The van der Waals surface area contributed by atoms with E-state index in [0.29, 0.717) is 17.5 Å². The molecule has 0 saturated heterocycles. The van der Waals surface area contributed by atoms with Gasteiger partial charge in [0.1, 0.15) is 0 Å². The minimum atomic E-state index is -0.513. The van der Waals surface area contributed by atoms with Crippen molar-refractivity contribution in [1.29, 1.82) is 0 Å². The fourth-order valence-electron chi connectivity index (χ4n) is 10.1. The highest BCUT2D eigenvalue weighted by molar-refractivity contribution is 7.99. The predicted molar refractivity (Wildman–Crippen MR) is 261 cm³/mol. The molecule has 2 aromatic heterocycles. The number of nitrogens with zero attached hydrogens (tertiary/aromatic N) is 4. The van der Waals surface area contributed by atoms with Crippen LogP contribution in [0, 0.1) is 0 Å². The molecule has 64 heavy (non-hydrogen) atoms. The topological polar surface area (TPSA) is 51.6 Å². The number of benzene rings is 9. The molecule has 1 spiro atoms. The summed E-state index contributed by atoms with van der Waals surface area (Å²) in [6.07, 6.45) is 0. The van der Waals surface area contributed by atoms with Gasteiger partial charge in [-0.15, -0.1) is 0 Å². The van der Waals surface area contributed by atoms with Crippen molar-refractivity contribution in [3.8, 4) is 67.7 Å². The number of hydrogen-bond acceptors (Lipinski definition) is 5. The summed E-state index contributed by atoms with van der Waals surface area (Å²) in [5.74, 6) is 1.85. The van der Waals surface area contributed by atoms with Gasteiger partial charge in [-0.25, -0.2) is 19.9 Å². The number of fused-ring (bicyclic) bond motifs is 12. The third-order valence-electron chi connectivity index (χ3n) is 13.0. The van der Waals surface area contributed by atoms with Crippen molar-refractivity contribution in [2.24, 2.45) is 0 Å². The third-order valence-corrected chi connectivity index (χ3v) is 14.1. The fraction of sp³-hybridized carbons (Fsp3) is 0.0169. The molecule has 1 aliphatic carbocycles. The smallest absolute Gasteiger partial charge is 0.164 e. The average Bonchev–Trinajstić information content (AvgIpc) is 3.66. The first-order chi connectivity index (χ1) is 31.7. The second-order valence-corrected chi connectivity index (χ2v) is 17.6. The SMILES string of the molecule is c1ccc(-c2cccc(-c3nc(-c4ccccc4)nc(-c4ccc5nc(-c6ccccc6)c6cc7c(cc6c5c4)C4(c5ccccc5S7)c5ccccc5-c5ccccc54)n3)c2)cc1. The molecule has 9 aromatic carbocycles. The van der Waals surface area contributed by atoms with Gasteiger partial charge >= 0.3 is 0 Å². The zero-order valence-electron chi connectivity index (χ0n) is 34.5. The Balaban J connectivity index is 1.08. The Hall–Kier alpha value is -7.99. The van der Waals surface area contributed by atoms with Gasteiger partial charge in [-0.3, -0.25) is 0 Å². The van der Waals surface area contributed by atoms with Gasteiger partial charge in [0.15, 0.2) is 17.5 Å². The van der Waals surface area contributed by atoms with Crippen molar-refractivity contribution in [1.82, 2.24) is 19.9 Å². The van der Waals surface area contributed by atoms with E-state index < -0.39 is 5.41 Å². The Bertz CT molecular complexity index is 3600. The second-order valence-electron chi connectivity index (χ2n) is 16.5. The minimum absolute atomic E-state index is 0.513. The Morgan fingerprint density at radius 3 is 1.52 bits per heavy atom. The first kappa shape index (κ1) is 36.6. The standard InChI is InChI=1S/C59H36N4S/c1-4-17-37(18-5-1)40-23-16-24-41(33-40)57-61-56(39-21-8-3-9-22-39)62-58(63-57)42-31-32-52-46(34-42)45-35-51-54(36-47(45)55(60-52)38-19-6-2-7-20-38)64-53-30-15-14-29-50(53)59(51)48-27-12-10-25-43(48)44-26-11-13-28-49(44)59/h1-36H. The van der Waals surface area contributed by atoms with Gasteiger partial charge in [0.25, 0.3) is 0 Å². The molecule has 2 aliphatic rings. The summed E-state index contributed by atoms with van der Waals surface area (Å²) in [4.78, 5) is 23.5. The summed E-state index contributed by atoms with van der Waals surface area (Å²) in [6.45, 7) is 0. The van der Waals surface area contributed by atoms with Gasteiger partial charge in [-0.1, -0.05) is 188 Å². The number of hydrogen-bond donors (Lipinski definition) is 0. The number of rotatable bonds is 5. The maximum absolute atomic E-state index is 5.47. The molecule has 0 radical (unpaired) electrons. The summed E-state index contributed by atoms with van der Waals surface area (Å²) in [5, 5.41) is 3.29. The average molecular weight is 833 g/mol. The summed E-state index contributed by atoms with van der Waals surface area (Å²) >= 11 is 1.86. The molecule has 3 heterocycles. The maximum Gasteiger partial charge on any atom is 0.164 e. The molecule has 298 valence electrons. The highest BCUT2D eigenvalue weighted by atomic mass is 32.2. The van der Waals surface area contributed by atoms with Crippen LogP contribution in [0.25, 0.3) is 89.4 Å². The van der Waals surface area contributed by atoms with E-state index in [4.69, 9.17) is 19.9 Å². The lowest BCUT2D eigenvalue weighted by Gasteiger charge is -2.40. The van der Waals surface area contributed by atoms with Crippen LogP contribution in [0.4, 0.5) is 0 Å². The molecule has 0 bridgehead atoms. The van der Waals surface area contributed by atoms with Crippen molar-refractivity contribution < 1.29 is 0 Å². The molecule has 11 aromatic rings. The van der Waals surface area contributed by atoms with Crippen LogP contribution >= 0.6 is 11.8 Å². The molecule has 1 aliphatic heterocycles. The molecule has 0 amide bonds. The fourth-order valence-corrected chi connectivity index (χ4v) is 11.3. The van der Waals surface area contributed by atoms with Crippen LogP contribution < -0.4 is 0 Å². The van der Waals surface area contributed by atoms with Crippen LogP contribution in [0.3, 0.4) is 0 Å². The first-order valence-electron chi connectivity index (χ1n) is 21.6. The van der Waals surface area contributed by atoms with Crippen LogP contribution in [-0.4, -0.2) is 19.9 Å². The lowest BCUT2D eigenvalue weighted by molar-refractivity contribution is 0.724. The van der Waals surface area contributed by atoms with E-state index >= 15 is 0 Å². The van der Waals surface area contributed by atoms with E-state index in [2.05, 4.69) is 194 Å². The van der Waals surface area contributed by atoms with Gasteiger partial charge in [0.05, 0.1) is 16.6 Å². The Morgan fingerprint density at radius 2 is 0.828 bits per heavy atom. The van der Waals surface area contributed by atoms with E-state index in [1.807, 2.05) is 36.0 Å².